The first-order chi connectivity index (χ1) is 28.3. The van der Waals surface area contributed by atoms with Gasteiger partial charge in [-0.2, -0.15) is 0 Å². The van der Waals surface area contributed by atoms with Gasteiger partial charge in [-0.05, 0) is 101 Å². The van der Waals surface area contributed by atoms with Crippen molar-refractivity contribution in [3.63, 3.8) is 0 Å². The molecule has 3 aromatic heterocycles. The first-order valence-corrected chi connectivity index (χ1v) is 19.6. The second kappa shape index (κ2) is 12.5. The largest absolute Gasteiger partial charge is 0.309 e. The van der Waals surface area contributed by atoms with E-state index in [1.807, 2.05) is 0 Å². The van der Waals surface area contributed by atoms with Gasteiger partial charge in [0.25, 0.3) is 0 Å². The van der Waals surface area contributed by atoms with Crippen LogP contribution in [-0.2, 0) is 0 Å². The lowest BCUT2D eigenvalue weighted by Crippen LogP contribution is -1.95. The molecule has 3 nitrogen and oxygen atoms in total. The van der Waals surface area contributed by atoms with Crippen molar-refractivity contribution in [2.24, 2.45) is 0 Å². The number of fused-ring (bicyclic) bond motifs is 9. The standard InChI is InChI=1S/C54H35N3/c1-3-13-36(14-4-1)37-23-28-41(29-24-37)56-50-21-11-8-18-44(50)47-35-54-48(34-53(47)56)45-19-9-12-22-51(45)57(54)42-30-25-38(26-31-42)39-27-32-52-46(33-39)43-17-7-10-20-49(43)55(52)40-15-5-2-6-16-40/h1-35H. The van der Waals surface area contributed by atoms with Gasteiger partial charge in [-0.3, -0.25) is 0 Å². The third-order valence-corrected chi connectivity index (χ3v) is 11.8. The van der Waals surface area contributed by atoms with Crippen molar-refractivity contribution in [2.45, 2.75) is 0 Å². The SMILES string of the molecule is c1ccc(-c2ccc(-n3c4ccccc4c4cc5c(cc43)c3ccccc3n5-c3ccc(-c4ccc5c(c4)c4ccccc4n5-c4ccccc4)cc3)cc2)cc1. The number of hydrogen-bond acceptors (Lipinski definition) is 0. The van der Waals surface area contributed by atoms with Gasteiger partial charge in [-0.1, -0.05) is 133 Å². The zero-order valence-corrected chi connectivity index (χ0v) is 31.0. The van der Waals surface area contributed by atoms with E-state index >= 15 is 0 Å². The Morgan fingerprint density at radius 1 is 0.193 bits per heavy atom. The molecule has 3 heteroatoms. The molecular formula is C54H35N3. The molecule has 0 aliphatic carbocycles. The Labute approximate surface area is 329 Å². The van der Waals surface area contributed by atoms with Crippen LogP contribution < -0.4 is 0 Å². The lowest BCUT2D eigenvalue weighted by molar-refractivity contribution is 1.17. The lowest BCUT2D eigenvalue weighted by Gasteiger charge is -2.11. The maximum Gasteiger partial charge on any atom is 0.0548 e. The molecule has 57 heavy (non-hydrogen) atoms. The van der Waals surface area contributed by atoms with Crippen LogP contribution in [0.25, 0.3) is 105 Å². The van der Waals surface area contributed by atoms with Crippen molar-refractivity contribution < 1.29 is 0 Å². The molecule has 0 saturated carbocycles. The highest BCUT2D eigenvalue weighted by Gasteiger charge is 2.19. The Kier molecular flexibility index (Phi) is 6.93. The zero-order valence-electron chi connectivity index (χ0n) is 31.0. The summed E-state index contributed by atoms with van der Waals surface area (Å²) in [6.07, 6.45) is 0. The molecule has 0 saturated heterocycles. The van der Waals surface area contributed by atoms with Gasteiger partial charge < -0.3 is 13.7 Å². The minimum atomic E-state index is 1.14. The quantitative estimate of drug-likeness (QED) is 0.168. The maximum absolute atomic E-state index is 2.44. The van der Waals surface area contributed by atoms with Gasteiger partial charge >= 0.3 is 0 Å². The molecule has 0 unspecified atom stereocenters. The molecule has 9 aromatic carbocycles. The van der Waals surface area contributed by atoms with E-state index < -0.39 is 0 Å². The molecule has 0 aliphatic heterocycles. The highest BCUT2D eigenvalue weighted by atomic mass is 15.0. The summed E-state index contributed by atoms with van der Waals surface area (Å²) < 4.78 is 7.23. The minimum Gasteiger partial charge on any atom is -0.309 e. The van der Waals surface area contributed by atoms with Crippen molar-refractivity contribution >= 4 is 65.4 Å². The number of benzene rings is 9. The lowest BCUT2D eigenvalue weighted by atomic mass is 10.0. The van der Waals surface area contributed by atoms with Crippen LogP contribution in [0.2, 0.25) is 0 Å². The van der Waals surface area contributed by atoms with Crippen LogP contribution in [0.3, 0.4) is 0 Å². The predicted octanol–water partition coefficient (Wildman–Crippen LogP) is 14.3. The molecule has 12 aromatic rings. The van der Waals surface area contributed by atoms with Crippen LogP contribution in [0.5, 0.6) is 0 Å². The minimum absolute atomic E-state index is 1.14. The van der Waals surface area contributed by atoms with E-state index in [1.54, 1.807) is 0 Å². The summed E-state index contributed by atoms with van der Waals surface area (Å²) in [6.45, 7) is 0. The molecule has 0 atom stereocenters. The van der Waals surface area contributed by atoms with Gasteiger partial charge in [0.05, 0.1) is 33.1 Å². The summed E-state index contributed by atoms with van der Waals surface area (Å²) in [4.78, 5) is 0. The monoisotopic (exact) mass is 725 g/mol. The van der Waals surface area contributed by atoms with Crippen LogP contribution in [0.1, 0.15) is 0 Å². The number of nitrogens with zero attached hydrogens (tertiary/aromatic N) is 3. The summed E-state index contributed by atoms with van der Waals surface area (Å²) in [6, 6.07) is 77.4. The van der Waals surface area contributed by atoms with Gasteiger partial charge in [0, 0.05) is 49.4 Å². The zero-order chi connectivity index (χ0) is 37.5. The fourth-order valence-corrected chi connectivity index (χ4v) is 9.23. The highest BCUT2D eigenvalue weighted by Crippen LogP contribution is 2.41. The Morgan fingerprint density at radius 2 is 0.526 bits per heavy atom. The second-order valence-electron chi connectivity index (χ2n) is 15.0. The summed E-state index contributed by atoms with van der Waals surface area (Å²) in [5.41, 5.74) is 15.6. The summed E-state index contributed by atoms with van der Waals surface area (Å²) in [7, 11) is 0. The molecule has 0 radical (unpaired) electrons. The molecule has 0 fully saturated rings. The summed E-state index contributed by atoms with van der Waals surface area (Å²) in [5.74, 6) is 0. The number of para-hydroxylation sites is 4. The summed E-state index contributed by atoms with van der Waals surface area (Å²) in [5, 5.41) is 7.50. The van der Waals surface area contributed by atoms with Crippen LogP contribution in [-0.4, -0.2) is 13.7 Å². The molecule has 266 valence electrons. The molecule has 0 N–H and O–H groups in total. The van der Waals surface area contributed by atoms with Gasteiger partial charge in [0.1, 0.15) is 0 Å². The smallest absolute Gasteiger partial charge is 0.0548 e. The van der Waals surface area contributed by atoms with E-state index in [1.165, 1.54) is 93.4 Å². The van der Waals surface area contributed by atoms with Crippen LogP contribution in [0, 0.1) is 0 Å². The van der Waals surface area contributed by atoms with E-state index in [0.29, 0.717) is 0 Å². The fraction of sp³-hybridized carbons (Fsp3) is 0. The number of aromatic nitrogens is 3. The molecule has 0 spiro atoms. The molecule has 0 bridgehead atoms. The molecular weight excluding hydrogens is 691 g/mol. The molecule has 12 rings (SSSR count). The van der Waals surface area contributed by atoms with Crippen LogP contribution in [0.4, 0.5) is 0 Å². The Bertz CT molecular complexity index is 3470. The van der Waals surface area contributed by atoms with Crippen LogP contribution >= 0.6 is 0 Å². The Morgan fingerprint density at radius 3 is 1.04 bits per heavy atom. The first kappa shape index (κ1) is 31.7. The second-order valence-corrected chi connectivity index (χ2v) is 15.0. The predicted molar refractivity (Wildman–Crippen MR) is 240 cm³/mol. The highest BCUT2D eigenvalue weighted by molar-refractivity contribution is 6.19. The van der Waals surface area contributed by atoms with Crippen molar-refractivity contribution in [1.29, 1.82) is 0 Å². The third kappa shape index (κ3) is 4.86. The van der Waals surface area contributed by atoms with Crippen molar-refractivity contribution in [3.05, 3.63) is 212 Å². The summed E-state index contributed by atoms with van der Waals surface area (Å²) >= 11 is 0. The van der Waals surface area contributed by atoms with Crippen molar-refractivity contribution in [3.8, 4) is 39.3 Å². The molecule has 3 heterocycles. The van der Waals surface area contributed by atoms with E-state index in [0.717, 1.165) is 11.4 Å². The van der Waals surface area contributed by atoms with E-state index in [2.05, 4.69) is 226 Å². The van der Waals surface area contributed by atoms with Gasteiger partial charge in [0.15, 0.2) is 0 Å². The van der Waals surface area contributed by atoms with E-state index in [9.17, 15) is 0 Å². The van der Waals surface area contributed by atoms with Crippen molar-refractivity contribution in [2.75, 3.05) is 0 Å². The fourth-order valence-electron chi connectivity index (χ4n) is 9.23. The molecule has 0 amide bonds. The average Bonchev–Trinajstić information content (AvgIpc) is 3.91. The molecule has 0 aliphatic rings. The maximum atomic E-state index is 2.44. The third-order valence-electron chi connectivity index (χ3n) is 11.8. The average molecular weight is 726 g/mol. The van der Waals surface area contributed by atoms with Crippen LogP contribution in [0.15, 0.2) is 212 Å². The van der Waals surface area contributed by atoms with Gasteiger partial charge in [-0.15, -0.1) is 0 Å². The van der Waals surface area contributed by atoms with Crippen molar-refractivity contribution in [1.82, 2.24) is 13.7 Å². The van der Waals surface area contributed by atoms with Gasteiger partial charge in [0.2, 0.25) is 0 Å². The van der Waals surface area contributed by atoms with E-state index in [4.69, 9.17) is 0 Å². The first-order valence-electron chi connectivity index (χ1n) is 19.6. The van der Waals surface area contributed by atoms with Gasteiger partial charge in [-0.25, -0.2) is 0 Å². The topological polar surface area (TPSA) is 14.8 Å². The Hall–Kier alpha value is -7.62. The van der Waals surface area contributed by atoms with E-state index in [-0.39, 0.29) is 0 Å². The Balaban J connectivity index is 0.998. The number of hydrogen-bond donors (Lipinski definition) is 0. The number of rotatable bonds is 5. The normalized spacial score (nSPS) is 11.9.